The molecule has 9 nitrogen and oxygen atoms in total. The van der Waals surface area contributed by atoms with Gasteiger partial charge in [0, 0.05) is 24.7 Å². The van der Waals surface area contributed by atoms with Gasteiger partial charge in [0.25, 0.3) is 0 Å². The Morgan fingerprint density at radius 3 is 2.47 bits per heavy atom. The van der Waals surface area contributed by atoms with Crippen molar-refractivity contribution in [2.75, 3.05) is 19.6 Å². The van der Waals surface area contributed by atoms with Gasteiger partial charge in [0.1, 0.15) is 16.5 Å². The molecule has 11 heteroatoms. The fourth-order valence-corrected chi connectivity index (χ4v) is 4.89. The molecule has 1 N–H and O–H groups in total. The number of benzene rings is 1. The number of carboxylic acids is 1. The summed E-state index contributed by atoms with van der Waals surface area (Å²) in [6.07, 6.45) is 0.809. The Morgan fingerprint density at radius 2 is 1.83 bits per heavy atom. The molecule has 0 radical (unpaired) electrons. The molecule has 2 aromatic rings. The zero-order valence-electron chi connectivity index (χ0n) is 16.8. The highest BCUT2D eigenvalue weighted by molar-refractivity contribution is 7.89. The average Bonchev–Trinajstić information content (AvgIpc) is 2.65. The van der Waals surface area contributed by atoms with Gasteiger partial charge in [-0.05, 0) is 32.9 Å². The number of para-hydroxylation sites is 1. The second-order valence-electron chi connectivity index (χ2n) is 7.73. The zero-order valence-corrected chi connectivity index (χ0v) is 18.4. The maximum Gasteiger partial charge on any atom is 0.410 e. The molecule has 2 heterocycles. The lowest BCUT2D eigenvalue weighted by atomic mass is 10.2. The number of piperazine rings is 1. The number of fused-ring (bicyclic) bond motifs is 1. The summed E-state index contributed by atoms with van der Waals surface area (Å²) < 4.78 is 32.8. The fourth-order valence-electron chi connectivity index (χ4n) is 3.16. The van der Waals surface area contributed by atoms with Crippen LogP contribution in [0.4, 0.5) is 4.79 Å². The summed E-state index contributed by atoms with van der Waals surface area (Å²) in [4.78, 5) is 29.5. The lowest BCUT2D eigenvalue weighted by Crippen LogP contribution is -2.59. The molecule has 164 valence electrons. The SMILES string of the molecule is CC(C)(C)OC(=O)N1CCN(S(=O)(=O)c2cccc3cccnc23)[C@H](C(=O)O)C1.Cl. The summed E-state index contributed by atoms with van der Waals surface area (Å²) in [7, 11) is -4.16. The molecule has 1 saturated heterocycles. The number of carbonyl (C=O) groups is 2. The zero-order chi connectivity index (χ0) is 21.4. The highest BCUT2D eigenvalue weighted by atomic mass is 35.5. The number of carboxylic acid groups (broad SMARTS) is 1. The third-order valence-electron chi connectivity index (χ3n) is 4.45. The van der Waals surface area contributed by atoms with Crippen LogP contribution in [0.5, 0.6) is 0 Å². The summed E-state index contributed by atoms with van der Waals surface area (Å²) >= 11 is 0. The molecule has 1 aromatic heterocycles. The first-order chi connectivity index (χ1) is 13.5. The normalized spacial score (nSPS) is 18.0. The lowest BCUT2D eigenvalue weighted by molar-refractivity contribution is -0.143. The van der Waals surface area contributed by atoms with E-state index in [-0.39, 0.29) is 42.5 Å². The molecule has 0 aliphatic carbocycles. The number of pyridine rings is 1. The van der Waals surface area contributed by atoms with Crippen molar-refractivity contribution in [3.05, 3.63) is 36.5 Å². The maximum absolute atomic E-state index is 13.3. The summed E-state index contributed by atoms with van der Waals surface area (Å²) in [5.74, 6) is -1.34. The molecular weight excluding hydrogens is 434 g/mol. The van der Waals surface area contributed by atoms with Crippen molar-refractivity contribution < 1.29 is 27.9 Å². The van der Waals surface area contributed by atoms with Gasteiger partial charge in [0.2, 0.25) is 10.0 Å². The van der Waals surface area contributed by atoms with Crippen molar-refractivity contribution in [2.24, 2.45) is 0 Å². The van der Waals surface area contributed by atoms with Gasteiger partial charge in [0.15, 0.2) is 0 Å². The second kappa shape index (κ2) is 8.75. The number of carbonyl (C=O) groups excluding carboxylic acids is 1. The second-order valence-corrected chi connectivity index (χ2v) is 9.59. The highest BCUT2D eigenvalue weighted by Gasteiger charge is 2.42. The van der Waals surface area contributed by atoms with E-state index >= 15 is 0 Å². The van der Waals surface area contributed by atoms with Crippen LogP contribution in [0.25, 0.3) is 10.9 Å². The number of halogens is 1. The Balaban J connectivity index is 0.00000320. The van der Waals surface area contributed by atoms with Crippen LogP contribution < -0.4 is 0 Å². The quantitative estimate of drug-likeness (QED) is 0.751. The molecule has 1 aliphatic heterocycles. The van der Waals surface area contributed by atoms with E-state index in [9.17, 15) is 23.1 Å². The Labute approximate surface area is 181 Å². The average molecular weight is 458 g/mol. The number of aliphatic carboxylic acids is 1. The predicted molar refractivity (Wildman–Crippen MR) is 112 cm³/mol. The van der Waals surface area contributed by atoms with Crippen LogP contribution in [-0.2, 0) is 19.6 Å². The topological polar surface area (TPSA) is 117 Å². The number of sulfonamides is 1. The smallest absolute Gasteiger partial charge is 0.410 e. The number of aromatic nitrogens is 1. The summed E-state index contributed by atoms with van der Waals surface area (Å²) in [6.45, 7) is 4.66. The lowest BCUT2D eigenvalue weighted by Gasteiger charge is -2.38. The van der Waals surface area contributed by atoms with Crippen molar-refractivity contribution in [3.8, 4) is 0 Å². The standard InChI is InChI=1S/C19H23N3O6S.ClH/c1-19(2,3)28-18(25)21-10-11-22(14(12-21)17(23)24)29(26,27)15-8-4-6-13-7-5-9-20-16(13)15;/h4-9,14H,10-12H2,1-3H3,(H,23,24);1H/t14-;/m0./s1. The van der Waals surface area contributed by atoms with Crippen LogP contribution >= 0.6 is 12.4 Å². The van der Waals surface area contributed by atoms with Crippen molar-refractivity contribution in [3.63, 3.8) is 0 Å². The summed E-state index contributed by atoms with van der Waals surface area (Å²) in [6, 6.07) is 6.72. The van der Waals surface area contributed by atoms with E-state index in [1.165, 1.54) is 17.2 Å². The molecule has 30 heavy (non-hydrogen) atoms. The number of hydrogen-bond acceptors (Lipinski definition) is 6. The first kappa shape index (κ1) is 23.8. The molecule has 0 unspecified atom stereocenters. The van der Waals surface area contributed by atoms with Crippen LogP contribution in [0.3, 0.4) is 0 Å². The van der Waals surface area contributed by atoms with E-state index in [4.69, 9.17) is 4.74 Å². The van der Waals surface area contributed by atoms with Gasteiger partial charge >= 0.3 is 12.1 Å². The third kappa shape index (κ3) is 4.82. The highest BCUT2D eigenvalue weighted by Crippen LogP contribution is 2.27. The first-order valence-electron chi connectivity index (χ1n) is 9.07. The van der Waals surface area contributed by atoms with Gasteiger partial charge in [-0.25, -0.2) is 13.2 Å². The van der Waals surface area contributed by atoms with Crippen LogP contribution in [0.2, 0.25) is 0 Å². The van der Waals surface area contributed by atoms with E-state index in [0.717, 1.165) is 4.31 Å². The van der Waals surface area contributed by atoms with Crippen molar-refractivity contribution in [1.29, 1.82) is 0 Å². The number of nitrogens with zero attached hydrogens (tertiary/aromatic N) is 3. The van der Waals surface area contributed by atoms with Gasteiger partial charge in [-0.15, -0.1) is 12.4 Å². The molecule has 1 atom stereocenters. The Bertz CT molecular complexity index is 1050. The minimum absolute atomic E-state index is 0. The number of rotatable bonds is 3. The molecule has 1 amide bonds. The molecule has 0 spiro atoms. The van der Waals surface area contributed by atoms with Gasteiger partial charge in [-0.1, -0.05) is 18.2 Å². The van der Waals surface area contributed by atoms with Gasteiger partial charge in [-0.2, -0.15) is 4.31 Å². The van der Waals surface area contributed by atoms with Crippen LogP contribution in [-0.4, -0.2) is 71.1 Å². The van der Waals surface area contributed by atoms with Crippen LogP contribution in [0.15, 0.2) is 41.4 Å². The largest absolute Gasteiger partial charge is 0.480 e. The number of amides is 1. The van der Waals surface area contributed by atoms with Crippen molar-refractivity contribution in [1.82, 2.24) is 14.2 Å². The molecule has 1 aromatic carbocycles. The van der Waals surface area contributed by atoms with Gasteiger partial charge in [0.05, 0.1) is 12.1 Å². The van der Waals surface area contributed by atoms with E-state index < -0.39 is 33.7 Å². The Kier molecular flexibility index (Phi) is 6.95. The van der Waals surface area contributed by atoms with E-state index in [1.807, 2.05) is 0 Å². The van der Waals surface area contributed by atoms with Crippen LogP contribution in [0.1, 0.15) is 20.8 Å². The maximum atomic E-state index is 13.3. The van der Waals surface area contributed by atoms with Crippen LogP contribution in [0, 0.1) is 0 Å². The molecule has 1 fully saturated rings. The summed E-state index contributed by atoms with van der Waals surface area (Å²) in [5, 5.41) is 10.3. The fraction of sp³-hybridized carbons (Fsp3) is 0.421. The van der Waals surface area contributed by atoms with E-state index in [2.05, 4.69) is 4.98 Å². The van der Waals surface area contributed by atoms with Gasteiger partial charge in [-0.3, -0.25) is 9.78 Å². The minimum Gasteiger partial charge on any atom is -0.480 e. The van der Waals surface area contributed by atoms with E-state index in [0.29, 0.717) is 5.39 Å². The Morgan fingerprint density at radius 1 is 1.17 bits per heavy atom. The Hall–Kier alpha value is -2.43. The monoisotopic (exact) mass is 457 g/mol. The number of ether oxygens (including phenoxy) is 1. The molecule has 0 bridgehead atoms. The molecule has 0 saturated carbocycles. The predicted octanol–water partition coefficient (Wildman–Crippen LogP) is 2.35. The first-order valence-corrected chi connectivity index (χ1v) is 10.5. The van der Waals surface area contributed by atoms with E-state index in [1.54, 1.807) is 45.0 Å². The van der Waals surface area contributed by atoms with Crippen molar-refractivity contribution >= 4 is 45.4 Å². The van der Waals surface area contributed by atoms with Gasteiger partial charge < -0.3 is 14.7 Å². The number of hydrogen-bond donors (Lipinski definition) is 1. The summed E-state index contributed by atoms with van der Waals surface area (Å²) in [5.41, 5.74) is -0.470. The molecule has 3 rings (SSSR count). The minimum atomic E-state index is -4.16. The third-order valence-corrected chi connectivity index (χ3v) is 6.39. The molecular formula is C19H24ClN3O6S. The molecule has 1 aliphatic rings. The van der Waals surface area contributed by atoms with Crippen molar-refractivity contribution in [2.45, 2.75) is 37.3 Å².